The summed E-state index contributed by atoms with van der Waals surface area (Å²) in [5, 5.41) is 0. The second-order valence-electron chi connectivity index (χ2n) is 3.61. The summed E-state index contributed by atoms with van der Waals surface area (Å²) in [7, 11) is -2.53. The van der Waals surface area contributed by atoms with Gasteiger partial charge in [-0.2, -0.15) is 0 Å². The number of carbonyl (C=O) groups is 1. The third-order valence-corrected chi connectivity index (χ3v) is 5.36. The van der Waals surface area contributed by atoms with E-state index < -0.39 is 16.0 Å². The first-order valence-corrected chi connectivity index (χ1v) is 7.86. The number of carbonyl (C=O) groups excluding carboxylic acids is 1. The summed E-state index contributed by atoms with van der Waals surface area (Å²) in [6.45, 7) is 3.79. The zero-order chi connectivity index (χ0) is 13.8. The molecule has 0 spiro atoms. The summed E-state index contributed by atoms with van der Waals surface area (Å²) in [6.07, 6.45) is 1.37. The Bertz CT molecular complexity index is 506. The van der Waals surface area contributed by atoms with Crippen LogP contribution in [0.3, 0.4) is 0 Å². The highest BCUT2D eigenvalue weighted by atomic mass is 32.2. The Hall–Kier alpha value is -0.990. The minimum Gasteiger partial charge on any atom is -0.464 e. The molecule has 0 saturated heterocycles. The number of sulfonamides is 1. The van der Waals surface area contributed by atoms with Crippen LogP contribution in [0, 0.1) is 0 Å². The first-order valence-electron chi connectivity index (χ1n) is 5.50. The highest BCUT2D eigenvalue weighted by Crippen LogP contribution is 2.21. The zero-order valence-electron chi connectivity index (χ0n) is 10.5. The number of rotatable bonds is 6. The van der Waals surface area contributed by atoms with Crippen molar-refractivity contribution in [3.8, 4) is 0 Å². The van der Waals surface area contributed by atoms with Gasteiger partial charge in [0.1, 0.15) is 0 Å². The molecule has 8 heteroatoms. The quantitative estimate of drug-likeness (QED) is 0.801. The molecule has 0 aliphatic carbocycles. The van der Waals surface area contributed by atoms with E-state index in [1.54, 1.807) is 0 Å². The molecule has 0 aliphatic heterocycles. The van der Waals surface area contributed by atoms with Gasteiger partial charge >= 0.3 is 5.97 Å². The molecule has 0 bridgehead atoms. The molecule has 6 nitrogen and oxygen atoms in total. The van der Waals surface area contributed by atoms with Gasteiger partial charge in [0.2, 0.25) is 0 Å². The van der Waals surface area contributed by atoms with Gasteiger partial charge in [-0.25, -0.2) is 22.9 Å². The molecule has 1 N–H and O–H groups in total. The molecule has 0 amide bonds. The van der Waals surface area contributed by atoms with Gasteiger partial charge in [-0.3, -0.25) is 0 Å². The van der Waals surface area contributed by atoms with Gasteiger partial charge in [-0.1, -0.05) is 13.8 Å². The summed E-state index contributed by atoms with van der Waals surface area (Å²) >= 11 is 0.901. The van der Waals surface area contributed by atoms with E-state index in [-0.39, 0.29) is 15.9 Å². The number of nitrogens with zero attached hydrogens (tertiary/aromatic N) is 1. The van der Waals surface area contributed by atoms with Gasteiger partial charge in [0.25, 0.3) is 10.0 Å². The lowest BCUT2D eigenvalue weighted by molar-refractivity contribution is 0.0590. The van der Waals surface area contributed by atoms with Crippen molar-refractivity contribution >= 4 is 27.3 Å². The normalized spacial score (nSPS) is 11.8. The van der Waals surface area contributed by atoms with E-state index in [9.17, 15) is 13.2 Å². The van der Waals surface area contributed by atoms with E-state index in [0.29, 0.717) is 12.8 Å². The maximum Gasteiger partial charge on any atom is 0.358 e. The van der Waals surface area contributed by atoms with Crippen molar-refractivity contribution in [3.63, 3.8) is 0 Å². The molecule has 0 saturated carbocycles. The lowest BCUT2D eigenvalue weighted by Gasteiger charge is -2.14. The smallest absolute Gasteiger partial charge is 0.358 e. The zero-order valence-corrected chi connectivity index (χ0v) is 12.1. The number of hydrogen-bond donors (Lipinski definition) is 1. The fraction of sp³-hybridized carbons (Fsp3) is 0.600. The topological polar surface area (TPSA) is 85.4 Å². The Morgan fingerprint density at radius 2 is 2.11 bits per heavy atom. The molecular weight excluding hydrogens is 276 g/mol. The number of thiazole rings is 1. The minimum atomic E-state index is -3.72. The fourth-order valence-corrected chi connectivity index (χ4v) is 3.94. The summed E-state index contributed by atoms with van der Waals surface area (Å²) in [5.74, 6) is -0.749. The summed E-state index contributed by atoms with van der Waals surface area (Å²) < 4.78 is 31.2. The molecule has 102 valence electrons. The molecule has 1 aromatic heterocycles. The summed E-state index contributed by atoms with van der Waals surface area (Å²) in [4.78, 5) is 15.1. The molecule has 18 heavy (non-hydrogen) atoms. The van der Waals surface area contributed by atoms with Crippen molar-refractivity contribution in [1.29, 1.82) is 0 Å². The Morgan fingerprint density at radius 1 is 1.50 bits per heavy atom. The molecule has 0 radical (unpaired) electrons. The number of aromatic nitrogens is 1. The summed E-state index contributed by atoms with van der Waals surface area (Å²) in [5.41, 5.74) is 1.15. The molecule has 0 fully saturated rings. The van der Waals surface area contributed by atoms with E-state index in [1.165, 1.54) is 12.6 Å². The third-order valence-electron chi connectivity index (χ3n) is 2.47. The van der Waals surface area contributed by atoms with Crippen molar-refractivity contribution in [3.05, 3.63) is 11.2 Å². The van der Waals surface area contributed by atoms with Crippen molar-refractivity contribution < 1.29 is 17.9 Å². The van der Waals surface area contributed by atoms with Crippen LogP contribution in [0.15, 0.2) is 9.72 Å². The first-order chi connectivity index (χ1) is 8.46. The van der Waals surface area contributed by atoms with Crippen LogP contribution < -0.4 is 4.72 Å². The van der Waals surface area contributed by atoms with Gasteiger partial charge in [-0.15, -0.1) is 11.3 Å². The van der Waals surface area contributed by atoms with Gasteiger partial charge in [0.15, 0.2) is 9.90 Å². The average Bonchev–Trinajstić information content (AvgIpc) is 2.85. The monoisotopic (exact) mass is 292 g/mol. The molecular formula is C10H16N2O4S2. The van der Waals surface area contributed by atoms with E-state index in [4.69, 9.17) is 0 Å². The third kappa shape index (κ3) is 3.27. The SMILES string of the molecule is CCC(CC)NS(=O)(=O)c1scnc1C(=O)OC. The first kappa shape index (κ1) is 15.1. The van der Waals surface area contributed by atoms with E-state index in [0.717, 1.165) is 11.3 Å². The van der Waals surface area contributed by atoms with Crippen molar-refractivity contribution in [1.82, 2.24) is 9.71 Å². The largest absolute Gasteiger partial charge is 0.464 e. The van der Waals surface area contributed by atoms with Gasteiger partial charge in [-0.05, 0) is 12.8 Å². The maximum absolute atomic E-state index is 12.1. The minimum absolute atomic E-state index is 0.0961. The van der Waals surface area contributed by atoms with Crippen molar-refractivity contribution in [2.45, 2.75) is 36.9 Å². The molecule has 1 aromatic rings. The number of hydrogen-bond acceptors (Lipinski definition) is 6. The fourth-order valence-electron chi connectivity index (χ4n) is 1.39. The van der Waals surface area contributed by atoms with Crippen LogP contribution >= 0.6 is 11.3 Å². The van der Waals surface area contributed by atoms with Crippen LogP contribution in [0.25, 0.3) is 0 Å². The lowest BCUT2D eigenvalue weighted by atomic mass is 10.2. The van der Waals surface area contributed by atoms with E-state index >= 15 is 0 Å². The molecule has 0 aromatic carbocycles. The standard InChI is InChI=1S/C10H16N2O4S2/c1-4-7(5-2)12-18(14,15)10-8(9(13)16-3)11-6-17-10/h6-7,12H,4-5H2,1-3H3. The summed E-state index contributed by atoms with van der Waals surface area (Å²) in [6, 6.07) is -0.150. The van der Waals surface area contributed by atoms with Crippen LogP contribution in [0.2, 0.25) is 0 Å². The molecule has 0 unspecified atom stereocenters. The van der Waals surface area contributed by atoms with Crippen LogP contribution in [0.4, 0.5) is 0 Å². The predicted octanol–water partition coefficient (Wildman–Crippen LogP) is 1.40. The van der Waals surface area contributed by atoms with Gasteiger partial charge in [0.05, 0.1) is 12.6 Å². The highest BCUT2D eigenvalue weighted by molar-refractivity contribution is 7.91. The Morgan fingerprint density at radius 3 is 2.61 bits per heavy atom. The maximum atomic E-state index is 12.1. The van der Waals surface area contributed by atoms with Crippen molar-refractivity contribution in [2.24, 2.45) is 0 Å². The second kappa shape index (κ2) is 6.26. The van der Waals surface area contributed by atoms with Crippen LogP contribution in [0.1, 0.15) is 37.2 Å². The second-order valence-corrected chi connectivity index (χ2v) is 6.38. The molecule has 1 rings (SSSR count). The van der Waals surface area contributed by atoms with E-state index in [1.807, 2.05) is 13.8 Å². The lowest BCUT2D eigenvalue weighted by Crippen LogP contribution is -2.34. The molecule has 1 heterocycles. The van der Waals surface area contributed by atoms with Crippen LogP contribution in [-0.2, 0) is 14.8 Å². The Balaban J connectivity index is 3.06. The average molecular weight is 292 g/mol. The van der Waals surface area contributed by atoms with Gasteiger partial charge < -0.3 is 4.74 Å². The number of nitrogens with one attached hydrogen (secondary N) is 1. The Kier molecular flexibility index (Phi) is 5.24. The molecule has 0 atom stereocenters. The Labute approximate surface area is 110 Å². The molecule has 0 aliphatic rings. The highest BCUT2D eigenvalue weighted by Gasteiger charge is 2.27. The van der Waals surface area contributed by atoms with Crippen LogP contribution in [0.5, 0.6) is 0 Å². The van der Waals surface area contributed by atoms with Crippen LogP contribution in [-0.4, -0.2) is 32.5 Å². The van der Waals surface area contributed by atoms with E-state index in [2.05, 4.69) is 14.4 Å². The predicted molar refractivity (Wildman–Crippen MR) is 68.1 cm³/mol. The van der Waals surface area contributed by atoms with Crippen molar-refractivity contribution in [2.75, 3.05) is 7.11 Å². The number of methoxy groups -OCH3 is 1. The number of ether oxygens (including phenoxy) is 1. The number of esters is 1. The van der Waals surface area contributed by atoms with Gasteiger partial charge in [0, 0.05) is 6.04 Å².